The number of amides is 1. The van der Waals surface area contributed by atoms with E-state index >= 15 is 0 Å². The number of piperidine rings is 1. The van der Waals surface area contributed by atoms with Gasteiger partial charge in [-0.25, -0.2) is 0 Å². The van der Waals surface area contributed by atoms with Gasteiger partial charge < -0.3 is 15.1 Å². The highest BCUT2D eigenvalue weighted by atomic mass is 16.2. The molecule has 3 fully saturated rings. The fourth-order valence-corrected chi connectivity index (χ4v) is 4.15. The van der Waals surface area contributed by atoms with Crippen molar-refractivity contribution in [1.29, 1.82) is 0 Å². The van der Waals surface area contributed by atoms with Crippen LogP contribution in [-0.4, -0.2) is 61.5 Å². The maximum atomic E-state index is 12.3. The first kappa shape index (κ1) is 18.0. The van der Waals surface area contributed by atoms with Gasteiger partial charge in [-0.15, -0.1) is 0 Å². The smallest absolute Gasteiger partial charge is 0.236 e. The lowest BCUT2D eigenvalue weighted by atomic mass is 9.74. The van der Waals surface area contributed by atoms with Crippen molar-refractivity contribution >= 4 is 18.1 Å². The number of carbonyl (C=O) groups excluding carboxylic acids is 1. The van der Waals surface area contributed by atoms with Gasteiger partial charge >= 0.3 is 0 Å². The molecule has 1 unspecified atom stereocenters. The summed E-state index contributed by atoms with van der Waals surface area (Å²) in [7, 11) is 3.88. The summed E-state index contributed by atoms with van der Waals surface area (Å²) in [6.45, 7) is 2.11. The SMILES string of the molecule is CN(C)CC(=O)N1C[C@@H]2N[C@H](C1)C2c1ccc(/C=C/c2ccccc2)cc1. The summed E-state index contributed by atoms with van der Waals surface area (Å²) in [4.78, 5) is 16.3. The third-order valence-corrected chi connectivity index (χ3v) is 5.52. The Balaban J connectivity index is 1.38. The molecule has 27 heavy (non-hydrogen) atoms. The van der Waals surface area contributed by atoms with E-state index in [0.717, 1.165) is 13.1 Å². The predicted molar refractivity (Wildman–Crippen MR) is 110 cm³/mol. The Morgan fingerprint density at radius 1 is 1.00 bits per heavy atom. The summed E-state index contributed by atoms with van der Waals surface area (Å²) < 4.78 is 0. The molecule has 1 N–H and O–H groups in total. The zero-order valence-corrected chi connectivity index (χ0v) is 16.0. The second kappa shape index (κ2) is 7.67. The number of fused-ring (bicyclic) bond motifs is 2. The molecule has 4 heteroatoms. The van der Waals surface area contributed by atoms with Crippen LogP contribution in [0.2, 0.25) is 0 Å². The Morgan fingerprint density at radius 3 is 2.19 bits per heavy atom. The highest BCUT2D eigenvalue weighted by Crippen LogP contribution is 2.37. The van der Waals surface area contributed by atoms with Crippen molar-refractivity contribution in [1.82, 2.24) is 15.1 Å². The van der Waals surface area contributed by atoms with Gasteiger partial charge in [0.25, 0.3) is 0 Å². The quantitative estimate of drug-likeness (QED) is 0.832. The molecule has 2 aromatic carbocycles. The highest BCUT2D eigenvalue weighted by Gasteiger charge is 2.47. The van der Waals surface area contributed by atoms with E-state index < -0.39 is 0 Å². The summed E-state index contributed by atoms with van der Waals surface area (Å²) in [5.41, 5.74) is 3.80. The van der Waals surface area contributed by atoms with E-state index in [1.165, 1.54) is 16.7 Å². The summed E-state index contributed by atoms with van der Waals surface area (Å²) >= 11 is 0. The van der Waals surface area contributed by atoms with Crippen LogP contribution in [0.3, 0.4) is 0 Å². The fraction of sp³-hybridized carbons (Fsp3) is 0.348. The number of hydrogen-bond donors (Lipinski definition) is 1. The predicted octanol–water partition coefficient (Wildman–Crippen LogP) is 2.68. The van der Waals surface area contributed by atoms with Gasteiger partial charge in [-0.05, 0) is 30.8 Å². The topological polar surface area (TPSA) is 35.6 Å². The first-order valence-electron chi connectivity index (χ1n) is 9.62. The van der Waals surface area contributed by atoms with Crippen molar-refractivity contribution in [2.75, 3.05) is 33.7 Å². The molecule has 3 aliphatic heterocycles. The molecule has 0 aromatic heterocycles. The van der Waals surface area contributed by atoms with Gasteiger partial charge in [0.2, 0.25) is 5.91 Å². The van der Waals surface area contributed by atoms with Gasteiger partial charge in [0, 0.05) is 31.1 Å². The average Bonchev–Trinajstić information content (AvgIpc) is 2.68. The normalized spacial score (nSPS) is 24.3. The number of nitrogens with one attached hydrogen (secondary N) is 1. The van der Waals surface area contributed by atoms with E-state index in [4.69, 9.17) is 0 Å². The number of nitrogens with zero attached hydrogens (tertiary/aromatic N) is 2. The largest absolute Gasteiger partial charge is 0.338 e. The van der Waals surface area contributed by atoms with Crippen LogP contribution in [-0.2, 0) is 4.79 Å². The van der Waals surface area contributed by atoms with Crippen LogP contribution in [0.15, 0.2) is 54.6 Å². The molecule has 3 atom stereocenters. The van der Waals surface area contributed by atoms with Crippen molar-refractivity contribution in [3.63, 3.8) is 0 Å². The molecule has 3 aliphatic rings. The summed E-state index contributed by atoms with van der Waals surface area (Å²) in [5, 5.41) is 3.61. The molecule has 2 aromatic rings. The van der Waals surface area contributed by atoms with E-state index in [2.05, 4.69) is 66.0 Å². The van der Waals surface area contributed by atoms with Gasteiger partial charge in [-0.2, -0.15) is 0 Å². The molecule has 2 bridgehead atoms. The molecular weight excluding hydrogens is 334 g/mol. The van der Waals surface area contributed by atoms with Crippen molar-refractivity contribution in [3.05, 3.63) is 71.3 Å². The minimum atomic E-state index is 0.233. The number of carbonyl (C=O) groups is 1. The lowest BCUT2D eigenvalue weighted by Gasteiger charge is -2.55. The zero-order chi connectivity index (χ0) is 18.8. The number of rotatable bonds is 5. The van der Waals surface area contributed by atoms with E-state index in [0.29, 0.717) is 24.5 Å². The molecule has 0 radical (unpaired) electrons. The maximum absolute atomic E-state index is 12.3. The molecule has 3 heterocycles. The van der Waals surface area contributed by atoms with Crippen molar-refractivity contribution < 1.29 is 4.79 Å². The van der Waals surface area contributed by atoms with Gasteiger partial charge in [-0.1, -0.05) is 66.7 Å². The molecule has 4 nitrogen and oxygen atoms in total. The Bertz CT molecular complexity index is 801. The van der Waals surface area contributed by atoms with Crippen LogP contribution >= 0.6 is 0 Å². The Hall–Kier alpha value is -2.43. The average molecular weight is 361 g/mol. The molecule has 0 spiro atoms. The molecule has 0 aliphatic carbocycles. The molecular formula is C23H27N3O. The van der Waals surface area contributed by atoms with Crippen LogP contribution in [0.5, 0.6) is 0 Å². The van der Waals surface area contributed by atoms with Crippen molar-refractivity contribution in [2.45, 2.75) is 18.0 Å². The zero-order valence-electron chi connectivity index (χ0n) is 16.0. The first-order chi connectivity index (χ1) is 13.1. The van der Waals surface area contributed by atoms with Gasteiger partial charge in [0.1, 0.15) is 0 Å². The van der Waals surface area contributed by atoms with Crippen molar-refractivity contribution in [2.24, 2.45) is 0 Å². The van der Waals surface area contributed by atoms with E-state index in [1.54, 1.807) is 0 Å². The van der Waals surface area contributed by atoms with Crippen LogP contribution in [0.4, 0.5) is 0 Å². The summed E-state index contributed by atoms with van der Waals surface area (Å²) in [5.74, 6) is 0.747. The second-order valence-corrected chi connectivity index (χ2v) is 7.85. The third-order valence-electron chi connectivity index (χ3n) is 5.52. The van der Waals surface area contributed by atoms with Crippen LogP contribution < -0.4 is 5.32 Å². The third kappa shape index (κ3) is 3.97. The summed E-state index contributed by atoms with van der Waals surface area (Å²) in [6.07, 6.45) is 4.30. The minimum Gasteiger partial charge on any atom is -0.338 e. The van der Waals surface area contributed by atoms with Crippen molar-refractivity contribution in [3.8, 4) is 0 Å². The van der Waals surface area contributed by atoms with E-state index in [1.807, 2.05) is 30.0 Å². The van der Waals surface area contributed by atoms with Crippen LogP contribution in [0.25, 0.3) is 12.2 Å². The maximum Gasteiger partial charge on any atom is 0.236 e. The number of benzene rings is 2. The molecule has 0 saturated carbocycles. The van der Waals surface area contributed by atoms with Gasteiger partial charge in [0.05, 0.1) is 6.54 Å². The minimum absolute atomic E-state index is 0.233. The first-order valence-corrected chi connectivity index (χ1v) is 9.62. The van der Waals surface area contributed by atoms with Gasteiger partial charge in [0.15, 0.2) is 0 Å². The Kier molecular flexibility index (Phi) is 5.10. The number of likely N-dealkylation sites (N-methyl/N-ethyl adjacent to an activating group) is 1. The molecule has 3 saturated heterocycles. The van der Waals surface area contributed by atoms with Gasteiger partial charge in [-0.3, -0.25) is 4.79 Å². The molecule has 1 amide bonds. The Morgan fingerprint density at radius 2 is 1.59 bits per heavy atom. The second-order valence-electron chi connectivity index (χ2n) is 7.85. The number of piperazine rings is 1. The number of hydrogen-bond acceptors (Lipinski definition) is 3. The molecule has 140 valence electrons. The molecule has 5 rings (SSSR count). The van der Waals surface area contributed by atoms with E-state index in [9.17, 15) is 4.79 Å². The highest BCUT2D eigenvalue weighted by molar-refractivity contribution is 5.78. The Labute approximate surface area is 161 Å². The monoisotopic (exact) mass is 361 g/mol. The lowest BCUT2D eigenvalue weighted by Crippen LogP contribution is -2.72. The summed E-state index contributed by atoms with van der Waals surface area (Å²) in [6, 6.07) is 20.0. The van der Waals surface area contributed by atoms with Crippen LogP contribution in [0, 0.1) is 0 Å². The van der Waals surface area contributed by atoms with Crippen LogP contribution in [0.1, 0.15) is 22.6 Å². The standard InChI is InChI=1S/C23H27N3O/c1-25(2)16-22(27)26-14-20-23(21(15-26)24-20)19-12-10-18(11-13-19)9-8-17-6-4-3-5-7-17/h3-13,20-21,23-24H,14-16H2,1-2H3/b9-8+/t20-,21+,23?. The van der Waals surface area contributed by atoms with E-state index in [-0.39, 0.29) is 5.91 Å². The lowest BCUT2D eigenvalue weighted by molar-refractivity contribution is -0.136. The fourth-order valence-electron chi connectivity index (χ4n) is 4.15.